The summed E-state index contributed by atoms with van der Waals surface area (Å²) < 4.78 is 7.76. The third-order valence-electron chi connectivity index (χ3n) is 5.62. The Labute approximate surface area is 172 Å². The monoisotopic (exact) mass is 397 g/mol. The average molecular weight is 398 g/mol. The average Bonchev–Trinajstić information content (AvgIpc) is 3.44. The van der Waals surface area contributed by atoms with E-state index in [1.807, 2.05) is 0 Å². The van der Waals surface area contributed by atoms with E-state index in [9.17, 15) is 4.79 Å². The van der Waals surface area contributed by atoms with Gasteiger partial charge in [-0.25, -0.2) is 9.97 Å². The van der Waals surface area contributed by atoms with E-state index in [4.69, 9.17) is 9.72 Å². The lowest BCUT2D eigenvalue weighted by molar-refractivity contribution is 0.0607. The first-order valence-corrected chi connectivity index (χ1v) is 10.7. The zero-order valence-electron chi connectivity index (χ0n) is 17.6. The number of aromatic nitrogens is 4. The van der Waals surface area contributed by atoms with Crippen molar-refractivity contribution in [3.8, 4) is 11.4 Å². The minimum absolute atomic E-state index is 0.0872. The van der Waals surface area contributed by atoms with Gasteiger partial charge in [-0.15, -0.1) is 0 Å². The topological polar surface area (TPSA) is 81.9 Å². The highest BCUT2D eigenvalue weighted by Gasteiger charge is 2.26. The van der Waals surface area contributed by atoms with Gasteiger partial charge in [-0.05, 0) is 37.5 Å². The number of nitrogens with one attached hydrogen (secondary N) is 1. The molecule has 2 aromatic heterocycles. The molecule has 0 atom stereocenters. The van der Waals surface area contributed by atoms with E-state index in [0.29, 0.717) is 23.2 Å². The first-order valence-electron chi connectivity index (χ1n) is 10.7. The highest BCUT2D eigenvalue weighted by Crippen LogP contribution is 2.29. The van der Waals surface area contributed by atoms with Crippen molar-refractivity contribution in [3.63, 3.8) is 0 Å². The van der Waals surface area contributed by atoms with E-state index < -0.39 is 0 Å². The van der Waals surface area contributed by atoms with Crippen LogP contribution >= 0.6 is 0 Å². The van der Waals surface area contributed by atoms with Gasteiger partial charge in [-0.3, -0.25) is 9.78 Å². The lowest BCUT2D eigenvalue weighted by atomic mass is 9.94. The molecule has 2 aromatic rings. The fourth-order valence-corrected chi connectivity index (χ4v) is 3.73. The van der Waals surface area contributed by atoms with Crippen LogP contribution in [0, 0.1) is 11.8 Å². The second-order valence-corrected chi connectivity index (χ2v) is 9.35. The van der Waals surface area contributed by atoms with E-state index in [1.165, 1.54) is 19.0 Å². The fourth-order valence-electron chi connectivity index (χ4n) is 3.73. The first kappa shape index (κ1) is 20.0. The summed E-state index contributed by atoms with van der Waals surface area (Å²) in [6, 6.07) is 0. The van der Waals surface area contributed by atoms with Crippen molar-refractivity contribution in [2.24, 2.45) is 11.8 Å². The van der Waals surface area contributed by atoms with E-state index in [2.05, 4.69) is 46.8 Å². The summed E-state index contributed by atoms with van der Waals surface area (Å²) in [7, 11) is 0. The molecule has 1 saturated heterocycles. The molecule has 1 aliphatic carbocycles. The van der Waals surface area contributed by atoms with Crippen LogP contribution < -0.4 is 5.32 Å². The third-order valence-corrected chi connectivity index (χ3v) is 5.62. The Morgan fingerprint density at radius 2 is 1.86 bits per heavy atom. The second-order valence-electron chi connectivity index (χ2n) is 9.35. The summed E-state index contributed by atoms with van der Waals surface area (Å²) in [5, 5.41) is 2.96. The van der Waals surface area contributed by atoms with Gasteiger partial charge in [0.05, 0.1) is 12.4 Å². The zero-order valence-corrected chi connectivity index (χ0v) is 17.6. The third kappa shape index (κ3) is 5.01. The predicted octanol–water partition coefficient (Wildman–Crippen LogP) is 3.20. The van der Waals surface area contributed by atoms with Crippen molar-refractivity contribution in [2.45, 2.75) is 58.4 Å². The largest absolute Gasteiger partial charge is 0.381 e. The molecule has 1 saturated carbocycles. The SMILES string of the molecule is CC(C)(C)c1nc(-c2cncc(C(=O)NCC3CC3)n2)cn1CC1CCOCC1. The number of imidazole rings is 1. The molecule has 1 N–H and O–H groups in total. The predicted molar refractivity (Wildman–Crippen MR) is 111 cm³/mol. The maximum Gasteiger partial charge on any atom is 0.271 e. The lowest BCUT2D eigenvalue weighted by Gasteiger charge is -2.25. The summed E-state index contributed by atoms with van der Waals surface area (Å²) in [5.74, 6) is 2.09. The summed E-state index contributed by atoms with van der Waals surface area (Å²) in [5.41, 5.74) is 1.67. The summed E-state index contributed by atoms with van der Waals surface area (Å²) >= 11 is 0. The quantitative estimate of drug-likeness (QED) is 0.809. The minimum Gasteiger partial charge on any atom is -0.381 e. The van der Waals surface area contributed by atoms with Gasteiger partial charge >= 0.3 is 0 Å². The Bertz CT molecular complexity index is 860. The van der Waals surface area contributed by atoms with Crippen molar-refractivity contribution in [1.82, 2.24) is 24.8 Å². The Kier molecular flexibility index (Phi) is 5.67. The molecule has 29 heavy (non-hydrogen) atoms. The number of rotatable bonds is 6. The summed E-state index contributed by atoms with van der Waals surface area (Å²) in [6.07, 6.45) is 9.83. The zero-order chi connectivity index (χ0) is 20.4. The molecule has 0 bridgehead atoms. The van der Waals surface area contributed by atoms with Crippen LogP contribution in [-0.4, -0.2) is 45.2 Å². The summed E-state index contributed by atoms with van der Waals surface area (Å²) in [4.78, 5) is 26.1. The lowest BCUT2D eigenvalue weighted by Crippen LogP contribution is -2.26. The number of hydrogen-bond donors (Lipinski definition) is 1. The molecule has 0 aromatic carbocycles. The normalized spacial score (nSPS) is 18.0. The first-order chi connectivity index (χ1) is 13.9. The van der Waals surface area contributed by atoms with Gasteiger partial charge in [-0.2, -0.15) is 0 Å². The molecule has 7 heteroatoms. The molecular weight excluding hydrogens is 366 g/mol. The molecular formula is C22H31N5O2. The number of carbonyl (C=O) groups is 1. The minimum atomic E-state index is -0.163. The van der Waals surface area contributed by atoms with Gasteiger partial charge < -0.3 is 14.6 Å². The van der Waals surface area contributed by atoms with Crippen molar-refractivity contribution in [1.29, 1.82) is 0 Å². The van der Waals surface area contributed by atoms with Gasteiger partial charge in [0.1, 0.15) is 22.9 Å². The molecule has 3 heterocycles. The van der Waals surface area contributed by atoms with Crippen LogP contribution in [0.1, 0.15) is 62.8 Å². The smallest absolute Gasteiger partial charge is 0.271 e. The standard InChI is InChI=1S/C22H31N5O2/c1-22(2,3)21-26-19(14-27(21)13-16-6-8-29-9-7-16)17-11-23-12-18(25-17)20(28)24-10-15-4-5-15/h11-12,14-16H,4-10,13H2,1-3H3,(H,24,28). The highest BCUT2D eigenvalue weighted by molar-refractivity contribution is 5.92. The van der Waals surface area contributed by atoms with E-state index in [-0.39, 0.29) is 11.3 Å². The van der Waals surface area contributed by atoms with E-state index in [0.717, 1.165) is 50.7 Å². The number of amides is 1. The molecule has 1 amide bonds. The van der Waals surface area contributed by atoms with Crippen LogP contribution in [0.15, 0.2) is 18.6 Å². The molecule has 156 valence electrons. The van der Waals surface area contributed by atoms with Crippen molar-refractivity contribution >= 4 is 5.91 Å². The molecule has 0 unspecified atom stereocenters. The maximum atomic E-state index is 12.4. The summed E-state index contributed by atoms with van der Waals surface area (Å²) in [6.45, 7) is 9.84. The van der Waals surface area contributed by atoms with Crippen molar-refractivity contribution in [3.05, 3.63) is 30.1 Å². The fraction of sp³-hybridized carbons (Fsp3) is 0.636. The van der Waals surface area contributed by atoms with E-state index in [1.54, 1.807) is 6.20 Å². The van der Waals surface area contributed by atoms with Gasteiger partial charge in [0.2, 0.25) is 0 Å². The number of carbonyl (C=O) groups excluding carboxylic acids is 1. The van der Waals surface area contributed by atoms with Crippen molar-refractivity contribution in [2.75, 3.05) is 19.8 Å². The van der Waals surface area contributed by atoms with Crippen molar-refractivity contribution < 1.29 is 9.53 Å². The van der Waals surface area contributed by atoms with Crippen LogP contribution in [-0.2, 0) is 16.7 Å². The van der Waals surface area contributed by atoms with Gasteiger partial charge in [0.25, 0.3) is 5.91 Å². The molecule has 2 aliphatic rings. The van der Waals surface area contributed by atoms with Crippen LogP contribution in [0.3, 0.4) is 0 Å². The number of ether oxygens (including phenoxy) is 1. The van der Waals surface area contributed by atoms with Crippen LogP contribution in [0.2, 0.25) is 0 Å². The van der Waals surface area contributed by atoms with Crippen LogP contribution in [0.4, 0.5) is 0 Å². The van der Waals surface area contributed by atoms with Crippen LogP contribution in [0.25, 0.3) is 11.4 Å². The molecule has 7 nitrogen and oxygen atoms in total. The van der Waals surface area contributed by atoms with Crippen LogP contribution in [0.5, 0.6) is 0 Å². The van der Waals surface area contributed by atoms with Gasteiger partial charge in [0.15, 0.2) is 0 Å². The molecule has 4 rings (SSSR count). The van der Waals surface area contributed by atoms with Gasteiger partial charge in [-0.1, -0.05) is 20.8 Å². The molecule has 0 spiro atoms. The van der Waals surface area contributed by atoms with E-state index >= 15 is 0 Å². The Hall–Kier alpha value is -2.28. The highest BCUT2D eigenvalue weighted by atomic mass is 16.5. The number of nitrogens with zero attached hydrogens (tertiary/aromatic N) is 4. The molecule has 1 aliphatic heterocycles. The Morgan fingerprint density at radius 3 is 2.55 bits per heavy atom. The second kappa shape index (κ2) is 8.22. The molecule has 2 fully saturated rings. The Morgan fingerprint density at radius 1 is 1.10 bits per heavy atom. The maximum absolute atomic E-state index is 12.4. The van der Waals surface area contributed by atoms with Gasteiger partial charge in [0, 0.05) is 37.9 Å². The Balaban J connectivity index is 1.57. The molecule has 0 radical (unpaired) electrons. The number of hydrogen-bond acceptors (Lipinski definition) is 5.